The molecule has 14 heavy (non-hydrogen) atoms. The number of Topliss-reactive ketones (excluding diaryl/α,β-unsaturated/α-hetero) is 1. The average Bonchev–Trinajstić information content (AvgIpc) is 2.89. The second-order valence-electron chi connectivity index (χ2n) is 3.83. The summed E-state index contributed by atoms with van der Waals surface area (Å²) in [7, 11) is 0. The van der Waals surface area contributed by atoms with E-state index in [4.69, 9.17) is 0 Å². The van der Waals surface area contributed by atoms with Gasteiger partial charge in [0.2, 0.25) is 0 Å². The normalized spacial score (nSPS) is 29.6. The van der Waals surface area contributed by atoms with Crippen LogP contribution in [0, 0.1) is 17.8 Å². The monoisotopic (exact) mass is 188 g/mol. The van der Waals surface area contributed by atoms with E-state index in [-0.39, 0.29) is 23.5 Å². The van der Waals surface area contributed by atoms with E-state index in [1.807, 2.05) is 25.1 Å². The molecule has 2 rings (SSSR count). The van der Waals surface area contributed by atoms with Crippen LogP contribution in [-0.4, -0.2) is 12.1 Å². The lowest BCUT2D eigenvalue weighted by Gasteiger charge is -1.97. The Morgan fingerprint density at radius 3 is 2.43 bits per heavy atom. The van der Waals surface area contributed by atoms with Gasteiger partial charge >= 0.3 is 0 Å². The highest BCUT2D eigenvalue weighted by Gasteiger charge is 2.51. The van der Waals surface area contributed by atoms with Gasteiger partial charge in [-0.15, -0.1) is 0 Å². The zero-order valence-corrected chi connectivity index (χ0v) is 8.01. The van der Waals surface area contributed by atoms with Gasteiger partial charge in [-0.25, -0.2) is 0 Å². The number of aldehydes is 1. The lowest BCUT2D eigenvalue weighted by molar-refractivity contribution is -0.109. The maximum absolute atomic E-state index is 11.8. The van der Waals surface area contributed by atoms with Crippen LogP contribution in [0.5, 0.6) is 0 Å². The largest absolute Gasteiger partial charge is 0.303 e. The zero-order valence-electron chi connectivity index (χ0n) is 8.01. The van der Waals surface area contributed by atoms with Crippen molar-refractivity contribution in [2.45, 2.75) is 6.92 Å². The molecule has 1 unspecified atom stereocenters. The number of hydrogen-bond acceptors (Lipinski definition) is 2. The first kappa shape index (κ1) is 9.13. The summed E-state index contributed by atoms with van der Waals surface area (Å²) in [4.78, 5) is 22.4. The van der Waals surface area contributed by atoms with E-state index < -0.39 is 0 Å². The number of hydrogen-bond donors (Lipinski definition) is 0. The predicted molar refractivity (Wildman–Crippen MR) is 53.0 cm³/mol. The molecule has 1 aliphatic carbocycles. The van der Waals surface area contributed by atoms with Gasteiger partial charge in [0.1, 0.15) is 6.29 Å². The van der Waals surface area contributed by atoms with E-state index >= 15 is 0 Å². The molecular formula is C12H12O2. The Bertz CT molecular complexity index is 356. The number of ketones is 1. The molecule has 1 aromatic carbocycles. The SMILES string of the molecule is C[C@H]1C(C(=O)c2ccccc2)[C@@H]1C=O. The number of rotatable bonds is 3. The maximum Gasteiger partial charge on any atom is 0.166 e. The van der Waals surface area contributed by atoms with Gasteiger partial charge < -0.3 is 4.79 Å². The summed E-state index contributed by atoms with van der Waals surface area (Å²) in [5.41, 5.74) is 0.716. The van der Waals surface area contributed by atoms with Crippen molar-refractivity contribution in [3.8, 4) is 0 Å². The fraction of sp³-hybridized carbons (Fsp3) is 0.333. The van der Waals surface area contributed by atoms with Crippen LogP contribution in [0.4, 0.5) is 0 Å². The van der Waals surface area contributed by atoms with Gasteiger partial charge in [0.05, 0.1) is 0 Å². The highest BCUT2D eigenvalue weighted by molar-refractivity contribution is 6.01. The summed E-state index contributed by atoms with van der Waals surface area (Å²) in [6.45, 7) is 1.95. The molecule has 0 aliphatic heterocycles. The molecule has 1 aliphatic rings. The van der Waals surface area contributed by atoms with Crippen LogP contribution < -0.4 is 0 Å². The molecule has 2 heteroatoms. The van der Waals surface area contributed by atoms with Crippen molar-refractivity contribution >= 4 is 12.1 Å². The molecule has 2 nitrogen and oxygen atoms in total. The summed E-state index contributed by atoms with van der Waals surface area (Å²) in [6.07, 6.45) is 0.899. The molecule has 3 atom stereocenters. The van der Waals surface area contributed by atoms with Gasteiger partial charge in [0.25, 0.3) is 0 Å². The van der Waals surface area contributed by atoms with Gasteiger partial charge in [0, 0.05) is 17.4 Å². The van der Waals surface area contributed by atoms with E-state index in [2.05, 4.69) is 0 Å². The first-order valence-electron chi connectivity index (χ1n) is 4.80. The van der Waals surface area contributed by atoms with Crippen LogP contribution in [0.1, 0.15) is 17.3 Å². The fourth-order valence-electron chi connectivity index (χ4n) is 1.91. The third kappa shape index (κ3) is 1.37. The van der Waals surface area contributed by atoms with Crippen molar-refractivity contribution in [2.75, 3.05) is 0 Å². The van der Waals surface area contributed by atoms with Gasteiger partial charge in [0.15, 0.2) is 5.78 Å². The molecule has 1 aromatic rings. The zero-order chi connectivity index (χ0) is 10.1. The number of carbonyl (C=O) groups is 2. The highest BCUT2D eigenvalue weighted by Crippen LogP contribution is 2.46. The third-order valence-corrected chi connectivity index (χ3v) is 2.97. The van der Waals surface area contributed by atoms with Gasteiger partial charge in [-0.1, -0.05) is 37.3 Å². The van der Waals surface area contributed by atoms with Gasteiger partial charge in [-0.3, -0.25) is 4.79 Å². The highest BCUT2D eigenvalue weighted by atomic mass is 16.1. The minimum Gasteiger partial charge on any atom is -0.303 e. The van der Waals surface area contributed by atoms with Crippen molar-refractivity contribution in [1.82, 2.24) is 0 Å². The Morgan fingerprint density at radius 2 is 1.93 bits per heavy atom. The van der Waals surface area contributed by atoms with Crippen LogP contribution in [0.2, 0.25) is 0 Å². The van der Waals surface area contributed by atoms with E-state index in [1.54, 1.807) is 12.1 Å². The minimum atomic E-state index is -0.0742. The second-order valence-corrected chi connectivity index (χ2v) is 3.83. The number of carbonyl (C=O) groups excluding carboxylic acids is 2. The molecular weight excluding hydrogens is 176 g/mol. The Kier molecular flexibility index (Phi) is 2.20. The van der Waals surface area contributed by atoms with Crippen molar-refractivity contribution in [1.29, 1.82) is 0 Å². The van der Waals surface area contributed by atoms with Crippen molar-refractivity contribution in [3.05, 3.63) is 35.9 Å². The summed E-state index contributed by atoms with van der Waals surface area (Å²) >= 11 is 0. The Morgan fingerprint density at radius 1 is 1.29 bits per heavy atom. The van der Waals surface area contributed by atoms with Gasteiger partial charge in [-0.2, -0.15) is 0 Å². The Balaban J connectivity index is 2.15. The molecule has 1 saturated carbocycles. The summed E-state index contributed by atoms with van der Waals surface area (Å²) in [5, 5.41) is 0. The fourth-order valence-corrected chi connectivity index (χ4v) is 1.91. The standard InChI is InChI=1S/C12H12O2/c1-8-10(7-13)11(8)12(14)9-5-3-2-4-6-9/h2-8,10-11H,1H3/t8-,10-,11?/m1/s1. The molecule has 0 spiro atoms. The molecule has 72 valence electrons. The Hall–Kier alpha value is -1.44. The predicted octanol–water partition coefficient (Wildman–Crippen LogP) is 1.95. The second kappa shape index (κ2) is 3.37. The van der Waals surface area contributed by atoms with Crippen LogP contribution >= 0.6 is 0 Å². The van der Waals surface area contributed by atoms with Crippen LogP contribution in [0.3, 0.4) is 0 Å². The molecule has 0 N–H and O–H groups in total. The smallest absolute Gasteiger partial charge is 0.166 e. The first-order chi connectivity index (χ1) is 6.75. The summed E-state index contributed by atoms with van der Waals surface area (Å²) in [6, 6.07) is 9.17. The van der Waals surface area contributed by atoms with E-state index in [9.17, 15) is 9.59 Å². The van der Waals surface area contributed by atoms with Crippen molar-refractivity contribution in [3.63, 3.8) is 0 Å². The lowest BCUT2D eigenvalue weighted by Crippen LogP contribution is -2.03. The van der Waals surface area contributed by atoms with E-state index in [0.29, 0.717) is 5.56 Å². The Labute approximate surface area is 82.9 Å². The van der Waals surface area contributed by atoms with Crippen LogP contribution in [-0.2, 0) is 4.79 Å². The molecule has 0 radical (unpaired) electrons. The first-order valence-corrected chi connectivity index (χ1v) is 4.80. The van der Waals surface area contributed by atoms with Gasteiger partial charge in [-0.05, 0) is 5.92 Å². The summed E-state index contributed by atoms with van der Waals surface area (Å²) in [5.74, 6) is 0.202. The van der Waals surface area contributed by atoms with Crippen LogP contribution in [0.15, 0.2) is 30.3 Å². The lowest BCUT2D eigenvalue weighted by atomic mass is 10.1. The topological polar surface area (TPSA) is 34.1 Å². The van der Waals surface area contributed by atoms with Crippen molar-refractivity contribution in [2.24, 2.45) is 17.8 Å². The molecule has 0 aromatic heterocycles. The number of benzene rings is 1. The molecule has 0 heterocycles. The molecule has 0 amide bonds. The maximum atomic E-state index is 11.8. The molecule has 1 fully saturated rings. The molecule has 0 bridgehead atoms. The quantitative estimate of drug-likeness (QED) is 0.536. The third-order valence-electron chi connectivity index (χ3n) is 2.97. The van der Waals surface area contributed by atoms with E-state index in [1.165, 1.54) is 0 Å². The van der Waals surface area contributed by atoms with Crippen LogP contribution in [0.25, 0.3) is 0 Å². The molecule has 0 saturated heterocycles. The average molecular weight is 188 g/mol. The van der Waals surface area contributed by atoms with E-state index in [0.717, 1.165) is 6.29 Å². The van der Waals surface area contributed by atoms with Crippen molar-refractivity contribution < 1.29 is 9.59 Å². The minimum absolute atomic E-state index is 0.0530. The summed E-state index contributed by atoms with van der Waals surface area (Å²) < 4.78 is 0.